The summed E-state index contributed by atoms with van der Waals surface area (Å²) in [6, 6.07) is 5.32. The molecule has 0 radical (unpaired) electrons. The van der Waals surface area contributed by atoms with Crippen molar-refractivity contribution >= 4 is 5.97 Å². The van der Waals surface area contributed by atoms with Gasteiger partial charge in [0, 0.05) is 29.5 Å². The third-order valence-corrected chi connectivity index (χ3v) is 4.33. The van der Waals surface area contributed by atoms with Crippen LogP contribution in [0.1, 0.15) is 46.2 Å². The van der Waals surface area contributed by atoms with Crippen LogP contribution in [0.25, 0.3) is 0 Å². The number of carbonyl (C=O) groups is 1. The Hall–Kier alpha value is -2.36. The highest BCUT2D eigenvalue weighted by molar-refractivity contribution is 5.88. The number of hydrogen-bond acceptors (Lipinski definition) is 8. The maximum atomic E-state index is 12.6. The van der Waals surface area contributed by atoms with Crippen LogP contribution in [0.3, 0.4) is 0 Å². The lowest BCUT2D eigenvalue weighted by atomic mass is 10.1. The molecule has 0 saturated carbocycles. The van der Waals surface area contributed by atoms with E-state index < -0.39 is 41.0 Å². The minimum Gasteiger partial charge on any atom is -0.457 e. The van der Waals surface area contributed by atoms with E-state index >= 15 is 0 Å². The van der Waals surface area contributed by atoms with Gasteiger partial charge in [0.25, 0.3) is 0 Å². The van der Waals surface area contributed by atoms with Gasteiger partial charge in [-0.15, -0.1) is 0 Å². The number of hydrogen-bond donors (Lipinski definition) is 1. The largest absolute Gasteiger partial charge is 0.457 e. The lowest BCUT2D eigenvalue weighted by Gasteiger charge is -2.26. The number of aliphatic hydroxyl groups is 1. The van der Waals surface area contributed by atoms with Gasteiger partial charge in [-0.3, -0.25) is 15.1 Å². The number of aliphatic hydroxyl groups excluding tert-OH is 1. The van der Waals surface area contributed by atoms with Crippen molar-refractivity contribution in [3.8, 4) is 0 Å². The molecule has 1 saturated heterocycles. The topological polar surface area (TPSA) is 121 Å². The zero-order chi connectivity index (χ0) is 21.7. The molecule has 1 aliphatic rings. The number of esters is 1. The van der Waals surface area contributed by atoms with Gasteiger partial charge < -0.3 is 19.3 Å². The molecule has 0 spiro atoms. The summed E-state index contributed by atoms with van der Waals surface area (Å²) in [6.07, 6.45) is 1.81. The lowest BCUT2D eigenvalue weighted by molar-refractivity contribution is -0.479. The van der Waals surface area contributed by atoms with Crippen molar-refractivity contribution in [1.29, 1.82) is 0 Å². The summed E-state index contributed by atoms with van der Waals surface area (Å²) in [5, 5.41) is 20.6. The molecular weight excluding hydrogens is 380 g/mol. The molecule has 0 amide bonds. The summed E-state index contributed by atoms with van der Waals surface area (Å²) < 4.78 is 17.5. The predicted octanol–water partition coefficient (Wildman–Crippen LogP) is 2.36. The van der Waals surface area contributed by atoms with Gasteiger partial charge in [-0.2, -0.15) is 0 Å². The molecule has 1 aromatic rings. The van der Waals surface area contributed by atoms with E-state index in [9.17, 15) is 20.0 Å². The van der Waals surface area contributed by atoms with E-state index in [-0.39, 0.29) is 18.6 Å². The number of rotatable bonds is 8. The Morgan fingerprint density at radius 2 is 2.14 bits per heavy atom. The molecule has 160 valence electrons. The number of ether oxygens (including phenoxy) is 3. The minimum absolute atomic E-state index is 0.108. The van der Waals surface area contributed by atoms with Gasteiger partial charge in [0.15, 0.2) is 0 Å². The molecule has 1 fully saturated rings. The molecule has 9 nitrogen and oxygen atoms in total. The normalized spacial score (nSPS) is 25.1. The van der Waals surface area contributed by atoms with Gasteiger partial charge in [-0.05, 0) is 39.0 Å². The Labute approximate surface area is 169 Å². The Balaban J connectivity index is 2.34. The maximum Gasteiger partial charge on any atom is 0.334 e. The summed E-state index contributed by atoms with van der Waals surface area (Å²) in [5.41, 5.74) is -0.104. The highest BCUT2D eigenvalue weighted by Crippen LogP contribution is 2.40. The van der Waals surface area contributed by atoms with Crippen LogP contribution in [-0.4, -0.2) is 51.9 Å². The third kappa shape index (κ3) is 6.06. The van der Waals surface area contributed by atoms with Gasteiger partial charge >= 0.3 is 5.97 Å². The number of nitro groups is 1. The maximum absolute atomic E-state index is 12.6. The van der Waals surface area contributed by atoms with Crippen molar-refractivity contribution in [2.45, 2.75) is 64.1 Å². The van der Waals surface area contributed by atoms with Gasteiger partial charge in [-0.25, -0.2) is 4.79 Å². The molecule has 3 unspecified atom stereocenters. The first-order valence-corrected chi connectivity index (χ1v) is 9.54. The van der Waals surface area contributed by atoms with E-state index in [0.29, 0.717) is 12.1 Å². The summed E-state index contributed by atoms with van der Waals surface area (Å²) in [7, 11) is 0. The molecule has 1 aromatic heterocycles. The van der Waals surface area contributed by atoms with Crippen LogP contribution in [0, 0.1) is 10.1 Å². The molecule has 9 heteroatoms. The smallest absolute Gasteiger partial charge is 0.334 e. The third-order valence-electron chi connectivity index (χ3n) is 4.33. The van der Waals surface area contributed by atoms with E-state index in [1.165, 1.54) is 6.08 Å². The Bertz CT molecular complexity index is 745. The van der Waals surface area contributed by atoms with Crippen LogP contribution in [-0.2, 0) is 24.8 Å². The van der Waals surface area contributed by atoms with Gasteiger partial charge in [0.05, 0.1) is 12.3 Å². The molecule has 1 N–H and O–H groups in total. The van der Waals surface area contributed by atoms with Gasteiger partial charge in [0.1, 0.15) is 17.8 Å². The van der Waals surface area contributed by atoms with Crippen molar-refractivity contribution in [2.24, 2.45) is 0 Å². The van der Waals surface area contributed by atoms with Crippen molar-refractivity contribution in [3.05, 3.63) is 51.9 Å². The average molecular weight is 408 g/mol. The van der Waals surface area contributed by atoms with Gasteiger partial charge in [0.2, 0.25) is 12.3 Å². The highest BCUT2D eigenvalue weighted by atomic mass is 16.8. The molecule has 0 aliphatic carbocycles. The van der Waals surface area contributed by atoms with Crippen LogP contribution in [0.2, 0.25) is 0 Å². The summed E-state index contributed by atoms with van der Waals surface area (Å²) in [4.78, 5) is 27.2. The molecule has 1 aliphatic heterocycles. The summed E-state index contributed by atoms with van der Waals surface area (Å²) >= 11 is 0. The first kappa shape index (κ1) is 22.9. The first-order valence-electron chi connectivity index (χ1n) is 9.54. The molecular formula is C20H28N2O7. The predicted molar refractivity (Wildman–Crippen MR) is 103 cm³/mol. The highest BCUT2D eigenvalue weighted by Gasteiger charge is 2.48. The number of pyridine rings is 1. The minimum atomic E-state index is -1.18. The van der Waals surface area contributed by atoms with Gasteiger partial charge in [-0.1, -0.05) is 13.0 Å². The van der Waals surface area contributed by atoms with E-state index in [0.717, 1.165) is 0 Å². The Kier molecular flexibility index (Phi) is 7.45. The van der Waals surface area contributed by atoms with Crippen LogP contribution in [0.15, 0.2) is 36.0 Å². The molecule has 0 aromatic carbocycles. The van der Waals surface area contributed by atoms with E-state index in [1.807, 2.05) is 6.92 Å². The fourth-order valence-corrected chi connectivity index (χ4v) is 2.98. The van der Waals surface area contributed by atoms with E-state index in [2.05, 4.69) is 4.98 Å². The van der Waals surface area contributed by atoms with E-state index in [1.54, 1.807) is 45.2 Å². The van der Waals surface area contributed by atoms with Crippen molar-refractivity contribution < 1.29 is 29.0 Å². The summed E-state index contributed by atoms with van der Waals surface area (Å²) in [6.45, 7) is 6.21. The van der Waals surface area contributed by atoms with Crippen molar-refractivity contribution in [1.82, 2.24) is 4.98 Å². The number of carbonyl (C=O) groups excluding carboxylic acids is 1. The molecule has 29 heavy (non-hydrogen) atoms. The second-order valence-corrected chi connectivity index (χ2v) is 7.74. The number of aromatic nitrogens is 1. The van der Waals surface area contributed by atoms with Crippen LogP contribution in [0.5, 0.6) is 0 Å². The Morgan fingerprint density at radius 1 is 1.41 bits per heavy atom. The second kappa shape index (κ2) is 9.43. The second-order valence-electron chi connectivity index (χ2n) is 7.74. The average Bonchev–Trinajstić information content (AvgIpc) is 3.03. The Morgan fingerprint density at radius 3 is 2.66 bits per heavy atom. The molecule has 3 atom stereocenters. The fourth-order valence-electron chi connectivity index (χ4n) is 2.98. The SMILES string of the molecule is CCC1(c2ccccn2)OC(/C=C(\CC[N+](=O)[O-])C(=O)OC(C)(C)C)C(CO)O1. The van der Waals surface area contributed by atoms with Crippen LogP contribution < -0.4 is 0 Å². The monoisotopic (exact) mass is 408 g/mol. The fraction of sp³-hybridized carbons (Fsp3) is 0.600. The summed E-state index contributed by atoms with van der Waals surface area (Å²) in [5.74, 6) is -1.84. The first-order chi connectivity index (χ1) is 13.6. The standard InChI is InChI=1S/C20H28N2O7/c1-5-20(17-8-6-7-10-21-17)27-15(16(13-23)28-20)12-14(9-11-22(25)26)18(24)29-19(2,3)4/h6-8,10,12,15-16,23H,5,9,11,13H2,1-4H3/b14-12+. The van der Waals surface area contributed by atoms with E-state index in [4.69, 9.17) is 14.2 Å². The quantitative estimate of drug-likeness (QED) is 0.301. The van der Waals surface area contributed by atoms with Crippen molar-refractivity contribution in [3.63, 3.8) is 0 Å². The number of nitrogens with zero attached hydrogens (tertiary/aromatic N) is 2. The van der Waals surface area contributed by atoms with Crippen LogP contribution >= 0.6 is 0 Å². The van der Waals surface area contributed by atoms with Crippen LogP contribution in [0.4, 0.5) is 0 Å². The molecule has 0 bridgehead atoms. The molecule has 2 heterocycles. The van der Waals surface area contributed by atoms with Crippen molar-refractivity contribution in [2.75, 3.05) is 13.2 Å². The lowest BCUT2D eigenvalue weighted by Crippen LogP contribution is -2.29. The zero-order valence-corrected chi connectivity index (χ0v) is 17.2. The zero-order valence-electron chi connectivity index (χ0n) is 17.2. The molecule has 2 rings (SSSR count).